The number of nitrogens with one attached hydrogen (secondary N) is 2. The maximum atomic E-state index is 12.3. The molecular weight excluding hydrogens is 256 g/mol. The van der Waals surface area contributed by atoms with Crippen LogP contribution < -0.4 is 5.32 Å². The maximum absolute atomic E-state index is 12.3. The van der Waals surface area contributed by atoms with Crippen LogP contribution in [-0.4, -0.2) is 39.1 Å². The van der Waals surface area contributed by atoms with Gasteiger partial charge >= 0.3 is 0 Å². The van der Waals surface area contributed by atoms with Gasteiger partial charge in [-0.15, -0.1) is 0 Å². The SMILES string of the molecule is CC(C)(C)C(CCO)NC(=O)c1ccc2n[nH]nc2c1. The Hall–Kier alpha value is -1.95. The van der Waals surface area contributed by atoms with Gasteiger partial charge < -0.3 is 10.4 Å². The number of hydrogen-bond donors (Lipinski definition) is 3. The number of aromatic amines is 1. The van der Waals surface area contributed by atoms with E-state index in [-0.39, 0.29) is 24.0 Å². The van der Waals surface area contributed by atoms with Gasteiger partial charge in [-0.1, -0.05) is 20.8 Å². The molecule has 1 unspecified atom stereocenters. The van der Waals surface area contributed by atoms with E-state index in [1.807, 2.05) is 20.8 Å². The lowest BCUT2D eigenvalue weighted by molar-refractivity contribution is 0.0885. The highest BCUT2D eigenvalue weighted by Gasteiger charge is 2.26. The van der Waals surface area contributed by atoms with Gasteiger partial charge in [0.15, 0.2) is 0 Å². The molecular formula is C14H20N4O2. The third kappa shape index (κ3) is 3.14. The fraction of sp³-hybridized carbons (Fsp3) is 0.500. The summed E-state index contributed by atoms with van der Waals surface area (Å²) in [4.78, 5) is 12.3. The van der Waals surface area contributed by atoms with E-state index in [4.69, 9.17) is 5.11 Å². The van der Waals surface area contributed by atoms with Crippen LogP contribution in [0.4, 0.5) is 0 Å². The molecule has 0 fully saturated rings. The van der Waals surface area contributed by atoms with Gasteiger partial charge in [0.25, 0.3) is 5.91 Å². The lowest BCUT2D eigenvalue weighted by Crippen LogP contribution is -2.44. The fourth-order valence-corrected chi connectivity index (χ4v) is 2.07. The number of carbonyl (C=O) groups excluding carboxylic acids is 1. The predicted octanol–water partition coefficient (Wildman–Crippen LogP) is 1.48. The molecule has 0 saturated heterocycles. The summed E-state index contributed by atoms with van der Waals surface area (Å²) < 4.78 is 0. The summed E-state index contributed by atoms with van der Waals surface area (Å²) in [6.45, 7) is 6.15. The van der Waals surface area contributed by atoms with Crippen molar-refractivity contribution in [3.63, 3.8) is 0 Å². The molecule has 108 valence electrons. The van der Waals surface area contributed by atoms with Gasteiger partial charge in [0.1, 0.15) is 11.0 Å². The lowest BCUT2D eigenvalue weighted by atomic mass is 9.84. The molecule has 1 aromatic heterocycles. The van der Waals surface area contributed by atoms with Gasteiger partial charge in [-0.25, -0.2) is 0 Å². The van der Waals surface area contributed by atoms with Crippen LogP contribution in [-0.2, 0) is 0 Å². The zero-order valence-electron chi connectivity index (χ0n) is 12.0. The fourth-order valence-electron chi connectivity index (χ4n) is 2.07. The van der Waals surface area contributed by atoms with Crippen molar-refractivity contribution >= 4 is 16.9 Å². The first-order chi connectivity index (χ1) is 9.41. The van der Waals surface area contributed by atoms with Gasteiger partial charge in [-0.3, -0.25) is 4.79 Å². The van der Waals surface area contributed by atoms with Crippen molar-refractivity contribution in [2.24, 2.45) is 5.41 Å². The van der Waals surface area contributed by atoms with E-state index < -0.39 is 0 Å². The van der Waals surface area contributed by atoms with E-state index >= 15 is 0 Å². The molecule has 1 atom stereocenters. The molecule has 3 N–H and O–H groups in total. The zero-order valence-corrected chi connectivity index (χ0v) is 12.0. The second kappa shape index (κ2) is 5.58. The molecule has 1 amide bonds. The molecule has 2 aromatic rings. The van der Waals surface area contributed by atoms with E-state index in [0.717, 1.165) is 5.52 Å². The highest BCUT2D eigenvalue weighted by atomic mass is 16.3. The van der Waals surface area contributed by atoms with Gasteiger partial charge in [0, 0.05) is 18.2 Å². The Kier molecular flexibility index (Phi) is 4.04. The summed E-state index contributed by atoms with van der Waals surface area (Å²) in [6, 6.07) is 5.09. The Balaban J connectivity index is 2.17. The van der Waals surface area contributed by atoms with Crippen molar-refractivity contribution in [3.05, 3.63) is 23.8 Å². The number of H-pyrrole nitrogens is 1. The Morgan fingerprint density at radius 1 is 1.35 bits per heavy atom. The van der Waals surface area contributed by atoms with Crippen LogP contribution in [0, 0.1) is 5.41 Å². The molecule has 20 heavy (non-hydrogen) atoms. The van der Waals surface area contributed by atoms with Crippen LogP contribution in [0.15, 0.2) is 18.2 Å². The number of amides is 1. The number of fused-ring (bicyclic) bond motifs is 1. The predicted molar refractivity (Wildman–Crippen MR) is 76.3 cm³/mol. The molecule has 1 aromatic carbocycles. The first-order valence-corrected chi connectivity index (χ1v) is 6.64. The van der Waals surface area contributed by atoms with Crippen molar-refractivity contribution in [3.8, 4) is 0 Å². The molecule has 0 saturated carbocycles. The van der Waals surface area contributed by atoms with Crippen LogP contribution in [0.1, 0.15) is 37.6 Å². The maximum Gasteiger partial charge on any atom is 0.251 e. The summed E-state index contributed by atoms with van der Waals surface area (Å²) in [5.74, 6) is -0.164. The van der Waals surface area contributed by atoms with Crippen LogP contribution in [0.3, 0.4) is 0 Å². The van der Waals surface area contributed by atoms with Crippen molar-refractivity contribution < 1.29 is 9.90 Å². The number of aliphatic hydroxyl groups excluding tert-OH is 1. The summed E-state index contributed by atoms with van der Waals surface area (Å²) in [7, 11) is 0. The average Bonchev–Trinajstić information content (AvgIpc) is 2.84. The Labute approximate surface area is 117 Å². The second-order valence-electron chi connectivity index (χ2n) is 5.93. The molecule has 6 heteroatoms. The lowest BCUT2D eigenvalue weighted by Gasteiger charge is -2.31. The van der Waals surface area contributed by atoms with Crippen molar-refractivity contribution in [2.45, 2.75) is 33.2 Å². The van der Waals surface area contributed by atoms with Gasteiger partial charge in [0.2, 0.25) is 0 Å². The van der Waals surface area contributed by atoms with Crippen molar-refractivity contribution in [2.75, 3.05) is 6.61 Å². The van der Waals surface area contributed by atoms with E-state index in [1.165, 1.54) is 0 Å². The smallest absolute Gasteiger partial charge is 0.251 e. The highest BCUT2D eigenvalue weighted by Crippen LogP contribution is 2.22. The van der Waals surface area contributed by atoms with Gasteiger partial charge in [0.05, 0.1) is 0 Å². The first kappa shape index (κ1) is 14.5. The number of hydrogen-bond acceptors (Lipinski definition) is 4. The molecule has 0 spiro atoms. The largest absolute Gasteiger partial charge is 0.396 e. The minimum atomic E-state index is -0.164. The molecule has 2 rings (SSSR count). The quantitative estimate of drug-likeness (QED) is 0.789. The van der Waals surface area contributed by atoms with Crippen LogP contribution in [0.2, 0.25) is 0 Å². The normalized spacial score (nSPS) is 13.4. The monoisotopic (exact) mass is 276 g/mol. The summed E-state index contributed by atoms with van der Waals surface area (Å²) in [5, 5.41) is 22.5. The number of benzene rings is 1. The highest BCUT2D eigenvalue weighted by molar-refractivity contribution is 5.97. The van der Waals surface area contributed by atoms with Crippen LogP contribution in [0.25, 0.3) is 11.0 Å². The third-order valence-electron chi connectivity index (χ3n) is 3.35. The number of carbonyl (C=O) groups is 1. The van der Waals surface area contributed by atoms with E-state index in [0.29, 0.717) is 17.5 Å². The van der Waals surface area contributed by atoms with Crippen molar-refractivity contribution in [1.29, 1.82) is 0 Å². The van der Waals surface area contributed by atoms with E-state index in [9.17, 15) is 4.79 Å². The summed E-state index contributed by atoms with van der Waals surface area (Å²) in [5.41, 5.74) is 1.81. The molecule has 6 nitrogen and oxygen atoms in total. The van der Waals surface area contributed by atoms with Gasteiger partial charge in [-0.05, 0) is 30.0 Å². The second-order valence-corrected chi connectivity index (χ2v) is 5.93. The summed E-state index contributed by atoms with van der Waals surface area (Å²) >= 11 is 0. The van der Waals surface area contributed by atoms with E-state index in [1.54, 1.807) is 18.2 Å². The van der Waals surface area contributed by atoms with E-state index in [2.05, 4.69) is 20.7 Å². The van der Waals surface area contributed by atoms with Crippen molar-refractivity contribution in [1.82, 2.24) is 20.7 Å². The van der Waals surface area contributed by atoms with Crippen LogP contribution in [0.5, 0.6) is 0 Å². The number of aromatic nitrogens is 3. The molecule has 0 aliphatic rings. The Bertz CT molecular complexity index is 600. The number of aliphatic hydroxyl groups is 1. The zero-order chi connectivity index (χ0) is 14.8. The first-order valence-electron chi connectivity index (χ1n) is 6.64. The Morgan fingerprint density at radius 2 is 2.05 bits per heavy atom. The van der Waals surface area contributed by atoms with Crippen LogP contribution >= 0.6 is 0 Å². The molecule has 0 aliphatic heterocycles. The number of rotatable bonds is 4. The summed E-state index contributed by atoms with van der Waals surface area (Å²) in [6.07, 6.45) is 0.529. The van der Waals surface area contributed by atoms with Gasteiger partial charge in [-0.2, -0.15) is 15.4 Å². The standard InChI is InChI=1S/C14H20N4O2/c1-14(2,3)12(6-7-19)15-13(20)9-4-5-10-11(8-9)17-18-16-10/h4-5,8,12,19H,6-7H2,1-3H3,(H,15,20)(H,16,17,18). The average molecular weight is 276 g/mol. The topological polar surface area (TPSA) is 90.9 Å². The minimum Gasteiger partial charge on any atom is -0.396 e. The molecule has 0 radical (unpaired) electrons. The molecule has 1 heterocycles. The molecule has 0 bridgehead atoms. The molecule has 0 aliphatic carbocycles. The Morgan fingerprint density at radius 3 is 2.70 bits per heavy atom. The third-order valence-corrected chi connectivity index (χ3v) is 3.35. The minimum absolute atomic E-state index is 0.0462. The number of nitrogens with zero attached hydrogens (tertiary/aromatic N) is 2.